The number of carbonyl (C=O) groups is 1. The largest absolute Gasteiger partial charge is 0.379 e. The van der Waals surface area contributed by atoms with Crippen LogP contribution in [-0.4, -0.2) is 37.7 Å². The molecular formula is C12H20N2O2. The first-order chi connectivity index (χ1) is 7.69. The molecule has 0 spiro atoms. The molecule has 0 radical (unpaired) electrons. The summed E-state index contributed by atoms with van der Waals surface area (Å²) in [5.74, 6) is 2.34. The van der Waals surface area contributed by atoms with Crippen LogP contribution in [0.3, 0.4) is 0 Å². The van der Waals surface area contributed by atoms with E-state index in [9.17, 15) is 4.79 Å². The first-order valence-corrected chi connectivity index (χ1v) is 5.76. The molecule has 1 aliphatic heterocycles. The molecule has 1 amide bonds. The van der Waals surface area contributed by atoms with Crippen molar-refractivity contribution in [1.29, 1.82) is 0 Å². The Morgan fingerprint density at radius 3 is 3.00 bits per heavy atom. The molecule has 1 heterocycles. The van der Waals surface area contributed by atoms with Crippen molar-refractivity contribution in [3.05, 3.63) is 0 Å². The summed E-state index contributed by atoms with van der Waals surface area (Å²) < 4.78 is 5.33. The van der Waals surface area contributed by atoms with E-state index in [0.29, 0.717) is 13.2 Å². The smallest absolute Gasteiger partial charge is 0.228 e. The zero-order valence-corrected chi connectivity index (χ0v) is 9.95. The first kappa shape index (κ1) is 13.0. The van der Waals surface area contributed by atoms with Gasteiger partial charge in [0.15, 0.2) is 0 Å². The maximum atomic E-state index is 11.9. The molecule has 0 aromatic heterocycles. The predicted molar refractivity (Wildman–Crippen MR) is 62.8 cm³/mol. The summed E-state index contributed by atoms with van der Waals surface area (Å²) in [6.07, 6.45) is 6.27. The molecule has 0 aromatic carbocycles. The number of amides is 1. The summed E-state index contributed by atoms with van der Waals surface area (Å²) in [5.41, 5.74) is 0. The first-order valence-electron chi connectivity index (χ1n) is 5.76. The van der Waals surface area contributed by atoms with E-state index in [1.54, 1.807) is 6.92 Å². The fourth-order valence-corrected chi connectivity index (χ4v) is 1.71. The van der Waals surface area contributed by atoms with Crippen LogP contribution in [0.5, 0.6) is 0 Å². The van der Waals surface area contributed by atoms with Crippen LogP contribution in [0.15, 0.2) is 0 Å². The minimum atomic E-state index is -0.222. The summed E-state index contributed by atoms with van der Waals surface area (Å²) in [4.78, 5) is 11.9. The lowest BCUT2D eigenvalue weighted by Crippen LogP contribution is -2.46. The van der Waals surface area contributed by atoms with Crippen molar-refractivity contribution >= 4 is 5.91 Å². The van der Waals surface area contributed by atoms with E-state index < -0.39 is 0 Å². The second kappa shape index (κ2) is 6.51. The average molecular weight is 224 g/mol. The third-order valence-electron chi connectivity index (χ3n) is 2.68. The highest BCUT2D eigenvalue weighted by molar-refractivity contribution is 5.80. The third-order valence-corrected chi connectivity index (χ3v) is 2.68. The second-order valence-corrected chi connectivity index (χ2v) is 4.10. The lowest BCUT2D eigenvalue weighted by molar-refractivity contribution is -0.125. The van der Waals surface area contributed by atoms with Crippen molar-refractivity contribution in [1.82, 2.24) is 10.6 Å². The van der Waals surface area contributed by atoms with Crippen molar-refractivity contribution in [3.8, 4) is 12.3 Å². The van der Waals surface area contributed by atoms with E-state index in [-0.39, 0.29) is 23.9 Å². The molecule has 4 heteroatoms. The van der Waals surface area contributed by atoms with Gasteiger partial charge in [0.05, 0.1) is 25.2 Å². The van der Waals surface area contributed by atoms with Crippen molar-refractivity contribution in [2.75, 3.05) is 19.8 Å². The van der Waals surface area contributed by atoms with Gasteiger partial charge in [0, 0.05) is 6.04 Å². The maximum absolute atomic E-state index is 11.9. The fraction of sp³-hybridized carbons (Fsp3) is 0.750. The lowest BCUT2D eigenvalue weighted by Gasteiger charge is -2.19. The van der Waals surface area contributed by atoms with E-state index in [1.165, 1.54) is 0 Å². The van der Waals surface area contributed by atoms with Crippen LogP contribution < -0.4 is 10.6 Å². The Morgan fingerprint density at radius 2 is 2.38 bits per heavy atom. The SMILES string of the molecule is C#CC(C)NC(=O)C1COCC1NCCC. The molecule has 1 fully saturated rings. The number of hydrogen-bond donors (Lipinski definition) is 2. The maximum Gasteiger partial charge on any atom is 0.228 e. The summed E-state index contributed by atoms with van der Waals surface area (Å²) in [6, 6.07) is -0.107. The van der Waals surface area contributed by atoms with Gasteiger partial charge >= 0.3 is 0 Å². The Kier molecular flexibility index (Phi) is 5.30. The molecule has 3 unspecified atom stereocenters. The van der Waals surface area contributed by atoms with Gasteiger partial charge in [-0.1, -0.05) is 12.8 Å². The van der Waals surface area contributed by atoms with Crippen LogP contribution in [-0.2, 0) is 9.53 Å². The zero-order valence-electron chi connectivity index (χ0n) is 9.95. The summed E-state index contributed by atoms with van der Waals surface area (Å²) >= 11 is 0. The average Bonchev–Trinajstić information content (AvgIpc) is 2.74. The van der Waals surface area contributed by atoms with Gasteiger partial charge < -0.3 is 15.4 Å². The number of ether oxygens (including phenoxy) is 1. The van der Waals surface area contributed by atoms with E-state index in [2.05, 4.69) is 23.5 Å². The Morgan fingerprint density at radius 1 is 1.62 bits per heavy atom. The van der Waals surface area contributed by atoms with Crippen LogP contribution >= 0.6 is 0 Å². The van der Waals surface area contributed by atoms with Gasteiger partial charge in [-0.3, -0.25) is 4.79 Å². The van der Waals surface area contributed by atoms with E-state index in [1.807, 2.05) is 0 Å². The second-order valence-electron chi connectivity index (χ2n) is 4.10. The quantitative estimate of drug-likeness (QED) is 0.653. The standard InChI is InChI=1S/C12H20N2O2/c1-4-6-13-11-8-16-7-10(11)12(15)14-9(3)5-2/h2,9-11,13H,4,6-8H2,1,3H3,(H,14,15). The minimum Gasteiger partial charge on any atom is -0.379 e. The molecule has 0 bridgehead atoms. The van der Waals surface area contributed by atoms with Crippen molar-refractivity contribution in [2.24, 2.45) is 5.92 Å². The number of rotatable bonds is 5. The number of terminal acetylenes is 1. The highest BCUT2D eigenvalue weighted by Crippen LogP contribution is 2.14. The molecule has 16 heavy (non-hydrogen) atoms. The summed E-state index contributed by atoms with van der Waals surface area (Å²) in [7, 11) is 0. The topological polar surface area (TPSA) is 50.4 Å². The van der Waals surface area contributed by atoms with Gasteiger partial charge in [0.25, 0.3) is 0 Å². The van der Waals surface area contributed by atoms with Gasteiger partial charge in [-0.25, -0.2) is 0 Å². The molecule has 4 nitrogen and oxygen atoms in total. The monoisotopic (exact) mass is 224 g/mol. The van der Waals surface area contributed by atoms with Gasteiger partial charge in [-0.05, 0) is 19.9 Å². The zero-order chi connectivity index (χ0) is 12.0. The van der Waals surface area contributed by atoms with Crippen LogP contribution in [0.2, 0.25) is 0 Å². The molecule has 0 saturated carbocycles. The molecule has 1 aliphatic rings. The molecule has 0 aromatic rings. The molecule has 3 atom stereocenters. The summed E-state index contributed by atoms with van der Waals surface area (Å²) in [6.45, 7) is 5.87. The Hall–Kier alpha value is -1.05. The van der Waals surface area contributed by atoms with Gasteiger partial charge in [-0.15, -0.1) is 6.42 Å². The van der Waals surface area contributed by atoms with Crippen LogP contribution in [0.1, 0.15) is 20.3 Å². The Labute approximate surface area is 97.1 Å². The fourth-order valence-electron chi connectivity index (χ4n) is 1.71. The van der Waals surface area contributed by atoms with E-state index in [0.717, 1.165) is 13.0 Å². The number of nitrogens with one attached hydrogen (secondary N) is 2. The third kappa shape index (κ3) is 3.51. The lowest BCUT2D eigenvalue weighted by atomic mass is 10.0. The molecule has 2 N–H and O–H groups in total. The van der Waals surface area contributed by atoms with Crippen molar-refractivity contribution < 1.29 is 9.53 Å². The molecule has 1 rings (SSSR count). The van der Waals surface area contributed by atoms with Crippen LogP contribution in [0, 0.1) is 18.3 Å². The number of carbonyl (C=O) groups excluding carboxylic acids is 1. The molecule has 90 valence electrons. The van der Waals surface area contributed by atoms with E-state index in [4.69, 9.17) is 11.2 Å². The highest BCUT2D eigenvalue weighted by Gasteiger charge is 2.33. The molecule has 1 saturated heterocycles. The van der Waals surface area contributed by atoms with Crippen LogP contribution in [0.25, 0.3) is 0 Å². The van der Waals surface area contributed by atoms with Gasteiger partial charge in [-0.2, -0.15) is 0 Å². The van der Waals surface area contributed by atoms with Crippen molar-refractivity contribution in [2.45, 2.75) is 32.4 Å². The molecule has 0 aliphatic carbocycles. The van der Waals surface area contributed by atoms with Crippen molar-refractivity contribution in [3.63, 3.8) is 0 Å². The Balaban J connectivity index is 2.44. The van der Waals surface area contributed by atoms with Gasteiger partial charge in [0.2, 0.25) is 5.91 Å². The predicted octanol–water partition coefficient (Wildman–Crippen LogP) is 0.139. The van der Waals surface area contributed by atoms with Gasteiger partial charge in [0.1, 0.15) is 0 Å². The number of hydrogen-bond acceptors (Lipinski definition) is 3. The highest BCUT2D eigenvalue weighted by atomic mass is 16.5. The minimum absolute atomic E-state index is 0.0171. The molecular weight excluding hydrogens is 204 g/mol. The van der Waals surface area contributed by atoms with Crippen LogP contribution in [0.4, 0.5) is 0 Å². The Bertz CT molecular complexity index is 273. The summed E-state index contributed by atoms with van der Waals surface area (Å²) in [5, 5.41) is 6.10. The normalized spacial score (nSPS) is 26.1. The van der Waals surface area contributed by atoms with E-state index >= 15 is 0 Å².